The Bertz CT molecular complexity index is 1110. The van der Waals surface area contributed by atoms with Crippen LogP contribution < -0.4 is 0 Å². The molecule has 0 aromatic rings. The lowest BCUT2D eigenvalue weighted by Gasteiger charge is -2.20. The molecule has 0 saturated heterocycles. The molecule has 358 valence electrons. The van der Waals surface area contributed by atoms with Crippen LogP contribution in [0.15, 0.2) is 36.5 Å². The summed E-state index contributed by atoms with van der Waals surface area (Å²) >= 11 is 0. The summed E-state index contributed by atoms with van der Waals surface area (Å²) in [7, 11) is -4.62. The van der Waals surface area contributed by atoms with Crippen molar-refractivity contribution in [3.05, 3.63) is 36.5 Å². The van der Waals surface area contributed by atoms with Gasteiger partial charge in [0.25, 0.3) is 0 Å². The molecule has 0 aliphatic heterocycles. The number of hydrogen-bond donors (Lipinski definition) is 3. The molecule has 0 aliphatic rings. The van der Waals surface area contributed by atoms with Crippen molar-refractivity contribution < 1.29 is 47.8 Å². The van der Waals surface area contributed by atoms with E-state index in [0.29, 0.717) is 12.8 Å². The Labute approximate surface area is 373 Å². The van der Waals surface area contributed by atoms with E-state index in [1.165, 1.54) is 135 Å². The number of aliphatic hydroxyl groups excluding tert-OH is 2. The Morgan fingerprint density at radius 3 is 1.31 bits per heavy atom. The third kappa shape index (κ3) is 46.0. The maximum absolute atomic E-state index is 12.7. The number of unbranched alkanes of at least 4 members (excludes halogenated alkanes) is 27. The van der Waals surface area contributed by atoms with Gasteiger partial charge in [0.05, 0.1) is 19.8 Å². The van der Waals surface area contributed by atoms with E-state index in [4.69, 9.17) is 23.6 Å². The molecule has 0 radical (unpaired) electrons. The molecule has 3 atom stereocenters. The number of rotatable bonds is 47. The zero-order valence-corrected chi connectivity index (χ0v) is 40.0. The van der Waals surface area contributed by atoms with Gasteiger partial charge in [-0.05, 0) is 70.6 Å². The Morgan fingerprint density at radius 1 is 0.492 bits per heavy atom. The number of carbonyl (C=O) groups is 2. The van der Waals surface area contributed by atoms with E-state index < -0.39 is 51.8 Å². The van der Waals surface area contributed by atoms with Gasteiger partial charge in [0.2, 0.25) is 0 Å². The fourth-order valence-corrected chi connectivity index (χ4v) is 7.69. The van der Waals surface area contributed by atoms with Gasteiger partial charge in [0, 0.05) is 12.8 Å². The normalized spacial score (nSPS) is 14.0. The van der Waals surface area contributed by atoms with Gasteiger partial charge in [0.1, 0.15) is 12.7 Å². The SMILES string of the molecule is CCCCC/C=C\C/C=C\CCCCCCCCCCCC(=O)O[C@H](COC(=O)CCCCCCCCC/C=C\CCCCCCCCCC)COP(=O)(O)OC[C@@H](O)CO. The molecular formula is C50H93O10P. The third-order valence-electron chi connectivity index (χ3n) is 10.8. The molecule has 11 heteroatoms. The predicted molar refractivity (Wildman–Crippen MR) is 251 cm³/mol. The maximum atomic E-state index is 12.7. The first-order chi connectivity index (χ1) is 29.7. The second-order valence-electron chi connectivity index (χ2n) is 16.8. The van der Waals surface area contributed by atoms with Gasteiger partial charge in [-0.1, -0.05) is 185 Å². The molecule has 0 heterocycles. The van der Waals surface area contributed by atoms with Gasteiger partial charge in [0.15, 0.2) is 6.10 Å². The number of aliphatic hydroxyl groups is 2. The summed E-state index contributed by atoms with van der Waals surface area (Å²) in [5.74, 6) is -0.927. The second-order valence-corrected chi connectivity index (χ2v) is 18.3. The standard InChI is InChI=1S/C50H93O10P/c1-3-5-7-9-11-13-15-17-19-21-23-25-27-29-31-33-35-37-39-41-49(53)57-45-48(46-59-61(55,56)58-44-47(52)43-51)60-50(54)42-40-38-36-34-32-30-28-26-24-22-20-18-16-14-12-10-8-6-4-2/h12,14,18,20-21,23,47-48,51-52H,3-11,13,15-17,19,22,24-46H2,1-2H3,(H,55,56)/b14-12-,20-18-,23-21-/t47-,48+/m0/s1. The van der Waals surface area contributed by atoms with Gasteiger partial charge in [-0.25, -0.2) is 4.57 Å². The smallest absolute Gasteiger partial charge is 0.462 e. The van der Waals surface area contributed by atoms with Crippen molar-refractivity contribution in [1.82, 2.24) is 0 Å². The lowest BCUT2D eigenvalue weighted by Crippen LogP contribution is -2.29. The molecule has 3 N–H and O–H groups in total. The van der Waals surface area contributed by atoms with E-state index in [1.807, 2.05) is 0 Å². The number of phosphoric acid groups is 1. The van der Waals surface area contributed by atoms with E-state index in [-0.39, 0.29) is 19.4 Å². The van der Waals surface area contributed by atoms with Gasteiger partial charge in [-0.3, -0.25) is 18.6 Å². The minimum absolute atomic E-state index is 0.179. The summed E-state index contributed by atoms with van der Waals surface area (Å²) in [6, 6.07) is 0. The molecule has 61 heavy (non-hydrogen) atoms. The molecule has 0 aliphatic carbocycles. The molecule has 0 fully saturated rings. The maximum Gasteiger partial charge on any atom is 0.472 e. The summed E-state index contributed by atoms with van der Waals surface area (Å²) in [4.78, 5) is 35.1. The van der Waals surface area contributed by atoms with Crippen LogP contribution in [-0.4, -0.2) is 65.7 Å². The molecular weight excluding hydrogens is 792 g/mol. The van der Waals surface area contributed by atoms with Gasteiger partial charge in [-0.15, -0.1) is 0 Å². The predicted octanol–water partition coefficient (Wildman–Crippen LogP) is 13.9. The summed E-state index contributed by atoms with van der Waals surface area (Å²) < 4.78 is 32.8. The van der Waals surface area contributed by atoms with E-state index >= 15 is 0 Å². The van der Waals surface area contributed by atoms with Gasteiger partial charge in [-0.2, -0.15) is 0 Å². The Morgan fingerprint density at radius 2 is 0.852 bits per heavy atom. The second kappa shape index (κ2) is 46.2. The van der Waals surface area contributed by atoms with Crippen molar-refractivity contribution >= 4 is 19.8 Å². The number of carbonyl (C=O) groups excluding carboxylic acids is 2. The molecule has 10 nitrogen and oxygen atoms in total. The molecule has 0 rings (SSSR count). The molecule has 0 bridgehead atoms. The molecule has 0 aromatic heterocycles. The molecule has 1 unspecified atom stereocenters. The highest BCUT2D eigenvalue weighted by Gasteiger charge is 2.27. The summed E-state index contributed by atoms with van der Waals surface area (Å²) in [6.45, 7) is 2.38. The molecule has 0 spiro atoms. The topological polar surface area (TPSA) is 149 Å². The highest BCUT2D eigenvalue weighted by Crippen LogP contribution is 2.43. The van der Waals surface area contributed by atoms with Crippen LogP contribution in [-0.2, 0) is 32.7 Å². The Kier molecular flexibility index (Phi) is 44.8. The van der Waals surface area contributed by atoms with Crippen molar-refractivity contribution in [2.24, 2.45) is 0 Å². The lowest BCUT2D eigenvalue weighted by molar-refractivity contribution is -0.161. The van der Waals surface area contributed by atoms with Crippen molar-refractivity contribution in [3.63, 3.8) is 0 Å². The number of ether oxygens (including phenoxy) is 2. The van der Waals surface area contributed by atoms with Crippen LogP contribution in [0.25, 0.3) is 0 Å². The van der Waals surface area contributed by atoms with Crippen LogP contribution in [0, 0.1) is 0 Å². The summed E-state index contributed by atoms with van der Waals surface area (Å²) in [5, 5.41) is 18.4. The van der Waals surface area contributed by atoms with E-state index in [1.54, 1.807) is 0 Å². The first-order valence-corrected chi connectivity index (χ1v) is 26.4. The van der Waals surface area contributed by atoms with Crippen molar-refractivity contribution in [1.29, 1.82) is 0 Å². The monoisotopic (exact) mass is 885 g/mol. The zero-order chi connectivity index (χ0) is 44.8. The highest BCUT2D eigenvalue weighted by molar-refractivity contribution is 7.47. The fourth-order valence-electron chi connectivity index (χ4n) is 6.90. The Hall–Kier alpha value is -1.81. The fraction of sp³-hybridized carbons (Fsp3) is 0.840. The first-order valence-electron chi connectivity index (χ1n) is 24.9. The largest absolute Gasteiger partial charge is 0.472 e. The zero-order valence-electron chi connectivity index (χ0n) is 39.1. The van der Waals surface area contributed by atoms with Crippen LogP contribution in [0.1, 0.15) is 232 Å². The average molecular weight is 885 g/mol. The molecule has 0 aromatic carbocycles. The molecule has 0 amide bonds. The van der Waals surface area contributed by atoms with E-state index in [9.17, 15) is 24.2 Å². The van der Waals surface area contributed by atoms with Crippen molar-refractivity contribution in [2.75, 3.05) is 26.4 Å². The average Bonchev–Trinajstić information content (AvgIpc) is 3.25. The van der Waals surface area contributed by atoms with Crippen molar-refractivity contribution in [3.8, 4) is 0 Å². The van der Waals surface area contributed by atoms with E-state index in [2.05, 4.69) is 50.3 Å². The minimum Gasteiger partial charge on any atom is -0.462 e. The van der Waals surface area contributed by atoms with Crippen LogP contribution in [0.3, 0.4) is 0 Å². The molecule has 0 saturated carbocycles. The van der Waals surface area contributed by atoms with Crippen LogP contribution in [0.4, 0.5) is 0 Å². The van der Waals surface area contributed by atoms with Gasteiger partial charge < -0.3 is 24.6 Å². The van der Waals surface area contributed by atoms with Crippen molar-refractivity contribution in [2.45, 2.75) is 244 Å². The lowest BCUT2D eigenvalue weighted by atomic mass is 10.1. The van der Waals surface area contributed by atoms with Crippen LogP contribution in [0.2, 0.25) is 0 Å². The number of phosphoric ester groups is 1. The quantitative estimate of drug-likeness (QED) is 0.0233. The number of allylic oxidation sites excluding steroid dienone is 6. The summed E-state index contributed by atoms with van der Waals surface area (Å²) in [5.41, 5.74) is 0. The van der Waals surface area contributed by atoms with Crippen LogP contribution >= 0.6 is 7.82 Å². The minimum atomic E-state index is -4.62. The van der Waals surface area contributed by atoms with Crippen LogP contribution in [0.5, 0.6) is 0 Å². The van der Waals surface area contributed by atoms with E-state index in [0.717, 1.165) is 57.8 Å². The van der Waals surface area contributed by atoms with Gasteiger partial charge >= 0.3 is 19.8 Å². The third-order valence-corrected chi connectivity index (χ3v) is 11.7. The highest BCUT2D eigenvalue weighted by atomic mass is 31.2. The number of hydrogen-bond acceptors (Lipinski definition) is 9. The number of esters is 2. The Balaban J connectivity index is 4.21. The summed E-state index contributed by atoms with van der Waals surface area (Å²) in [6.07, 6.45) is 49.6. The first kappa shape index (κ1) is 59.2.